The summed E-state index contributed by atoms with van der Waals surface area (Å²) in [6.45, 7) is 3.47. The van der Waals surface area contributed by atoms with Crippen LogP contribution in [-0.4, -0.2) is 35.5 Å². The van der Waals surface area contributed by atoms with Crippen LogP contribution in [0.3, 0.4) is 0 Å². The van der Waals surface area contributed by atoms with Gasteiger partial charge in [-0.05, 0) is 50.5 Å². The zero-order valence-electron chi connectivity index (χ0n) is 18.4. The maximum Gasteiger partial charge on any atom is 0.282 e. The van der Waals surface area contributed by atoms with Crippen LogP contribution in [0.15, 0.2) is 47.0 Å². The van der Waals surface area contributed by atoms with E-state index in [0.29, 0.717) is 6.54 Å². The molecule has 3 atom stereocenters. The number of carbonyl (C=O) groups is 1. The molecule has 0 bridgehead atoms. The molecule has 1 amide bonds. The number of nitrogens with zero attached hydrogens (tertiary/aromatic N) is 3. The van der Waals surface area contributed by atoms with Crippen molar-refractivity contribution >= 4 is 11.9 Å². The largest absolute Gasteiger partial charge is 0.462 e. The average Bonchev–Trinajstić information content (AvgIpc) is 2.76. The molecule has 2 unspecified atom stereocenters. The summed E-state index contributed by atoms with van der Waals surface area (Å²) in [5.41, 5.74) is 4.69. The number of nitriles is 1. The summed E-state index contributed by atoms with van der Waals surface area (Å²) in [6, 6.07) is 4.52. The summed E-state index contributed by atoms with van der Waals surface area (Å²) in [5.74, 6) is -6.04. The Labute approximate surface area is 190 Å². The summed E-state index contributed by atoms with van der Waals surface area (Å²) < 4.78 is 51.1. The van der Waals surface area contributed by atoms with E-state index >= 15 is 13.2 Å². The number of hydrogen-bond acceptors (Lipinski definition) is 5. The van der Waals surface area contributed by atoms with Crippen molar-refractivity contribution in [3.05, 3.63) is 53.3 Å². The standard InChI is InChI=1S/C23H26F3N5O2/c1-3-29-21(28)33-17-5-4-10-23(25,26)19(17)22(2)11-15(7-9-18(22)24)31-20(32)16-8-6-14(12-27)13-30-16/h6-9,13,17,19H,3-5,10-11H2,1-2H3,(H2,28,29)(H,31,32)/t17-,19?,22?/m1/s1. The molecule has 176 valence electrons. The van der Waals surface area contributed by atoms with Gasteiger partial charge >= 0.3 is 0 Å². The van der Waals surface area contributed by atoms with Crippen LogP contribution in [-0.2, 0) is 4.74 Å². The minimum Gasteiger partial charge on any atom is -0.462 e. The lowest BCUT2D eigenvalue weighted by atomic mass is 9.62. The number of allylic oxidation sites excluding steroid dienone is 4. The molecule has 2 aliphatic rings. The molecule has 0 aromatic carbocycles. The summed E-state index contributed by atoms with van der Waals surface area (Å²) in [7, 11) is 0. The number of pyridine rings is 1. The molecule has 3 rings (SSSR count). The van der Waals surface area contributed by atoms with Gasteiger partial charge in [0.05, 0.1) is 11.5 Å². The van der Waals surface area contributed by atoms with Gasteiger partial charge < -0.3 is 15.8 Å². The second kappa shape index (κ2) is 9.65. The molecule has 2 aliphatic carbocycles. The Balaban J connectivity index is 1.85. The van der Waals surface area contributed by atoms with E-state index in [-0.39, 0.29) is 42.2 Å². The van der Waals surface area contributed by atoms with Crippen molar-refractivity contribution in [2.75, 3.05) is 6.54 Å². The summed E-state index contributed by atoms with van der Waals surface area (Å²) in [6.07, 6.45) is 2.57. The molecule has 0 spiro atoms. The molecule has 33 heavy (non-hydrogen) atoms. The van der Waals surface area contributed by atoms with Crippen LogP contribution in [0.4, 0.5) is 13.2 Å². The van der Waals surface area contributed by atoms with E-state index in [9.17, 15) is 4.79 Å². The number of aliphatic imine (C=N–C) groups is 1. The lowest BCUT2D eigenvalue weighted by Crippen LogP contribution is -2.53. The first-order chi connectivity index (χ1) is 15.6. The molecule has 1 fully saturated rings. The fraction of sp³-hybridized carbons (Fsp3) is 0.478. The Kier molecular flexibility index (Phi) is 7.10. The Morgan fingerprint density at radius 3 is 2.82 bits per heavy atom. The SMILES string of the molecule is CCN=C(N)O[C@@H]1CCCC(F)(F)C1C1(C)CC(NC(=O)c2ccc(C#N)cn2)=CC=C1F. The van der Waals surface area contributed by atoms with Gasteiger partial charge in [0.2, 0.25) is 0 Å². The van der Waals surface area contributed by atoms with E-state index in [0.717, 1.165) is 6.08 Å². The Morgan fingerprint density at radius 2 is 2.18 bits per heavy atom. The predicted octanol–water partition coefficient (Wildman–Crippen LogP) is 3.99. The summed E-state index contributed by atoms with van der Waals surface area (Å²) in [5, 5.41) is 11.5. The highest BCUT2D eigenvalue weighted by molar-refractivity contribution is 5.93. The molecular weight excluding hydrogens is 435 g/mol. The maximum absolute atomic E-state index is 15.2. The van der Waals surface area contributed by atoms with E-state index in [1.165, 1.54) is 31.3 Å². The number of halogens is 3. The molecule has 1 saturated carbocycles. The monoisotopic (exact) mass is 461 g/mol. The van der Waals surface area contributed by atoms with Crippen molar-refractivity contribution in [1.82, 2.24) is 10.3 Å². The fourth-order valence-electron chi connectivity index (χ4n) is 4.54. The highest BCUT2D eigenvalue weighted by atomic mass is 19.3. The Bertz CT molecular complexity index is 1030. The Hall–Kier alpha value is -3.35. The predicted molar refractivity (Wildman–Crippen MR) is 116 cm³/mol. The molecule has 10 heteroatoms. The lowest BCUT2D eigenvalue weighted by Gasteiger charge is -2.48. The number of nitrogens with one attached hydrogen (secondary N) is 1. The first-order valence-electron chi connectivity index (χ1n) is 10.7. The van der Waals surface area contributed by atoms with Crippen molar-refractivity contribution < 1.29 is 22.7 Å². The van der Waals surface area contributed by atoms with Gasteiger partial charge in [0.25, 0.3) is 17.9 Å². The second-order valence-corrected chi connectivity index (χ2v) is 8.40. The van der Waals surface area contributed by atoms with E-state index < -0.39 is 41.5 Å². The molecule has 0 aliphatic heterocycles. The van der Waals surface area contributed by atoms with Crippen molar-refractivity contribution in [2.45, 2.75) is 51.6 Å². The van der Waals surface area contributed by atoms with Crippen LogP contribution in [0.1, 0.15) is 55.6 Å². The number of hydrogen-bond donors (Lipinski definition) is 2. The smallest absolute Gasteiger partial charge is 0.282 e. The van der Waals surface area contributed by atoms with Gasteiger partial charge in [0, 0.05) is 30.3 Å². The van der Waals surface area contributed by atoms with Gasteiger partial charge in [-0.1, -0.05) is 6.92 Å². The van der Waals surface area contributed by atoms with Crippen LogP contribution >= 0.6 is 0 Å². The summed E-state index contributed by atoms with van der Waals surface area (Å²) >= 11 is 0. The maximum atomic E-state index is 15.2. The number of ether oxygens (including phenoxy) is 1. The fourth-order valence-corrected chi connectivity index (χ4v) is 4.54. The molecule has 7 nitrogen and oxygen atoms in total. The van der Waals surface area contributed by atoms with Gasteiger partial charge in [-0.3, -0.25) is 4.79 Å². The molecule has 0 saturated heterocycles. The van der Waals surface area contributed by atoms with E-state index in [2.05, 4.69) is 15.3 Å². The van der Waals surface area contributed by atoms with Crippen LogP contribution in [0.5, 0.6) is 0 Å². The average molecular weight is 461 g/mol. The first kappa shape index (κ1) is 24.3. The molecule has 1 aromatic rings. The second-order valence-electron chi connectivity index (χ2n) is 8.40. The molecule has 3 N–H and O–H groups in total. The number of rotatable bonds is 5. The van der Waals surface area contributed by atoms with E-state index in [1.807, 2.05) is 6.07 Å². The number of amidine groups is 1. The van der Waals surface area contributed by atoms with Gasteiger partial charge in [0.1, 0.15) is 23.7 Å². The minimum atomic E-state index is -3.21. The number of nitrogens with two attached hydrogens (primary N) is 1. The van der Waals surface area contributed by atoms with Crippen LogP contribution < -0.4 is 11.1 Å². The first-order valence-corrected chi connectivity index (χ1v) is 10.7. The van der Waals surface area contributed by atoms with Crippen molar-refractivity contribution in [3.8, 4) is 6.07 Å². The zero-order chi connectivity index (χ0) is 24.2. The summed E-state index contributed by atoms with van der Waals surface area (Å²) in [4.78, 5) is 20.4. The number of alkyl halides is 2. The number of carbonyl (C=O) groups excluding carboxylic acids is 1. The highest BCUT2D eigenvalue weighted by Gasteiger charge is 2.59. The topological polar surface area (TPSA) is 113 Å². The van der Waals surface area contributed by atoms with Crippen molar-refractivity contribution in [1.29, 1.82) is 5.26 Å². The highest BCUT2D eigenvalue weighted by Crippen LogP contribution is 2.55. The third-order valence-electron chi connectivity index (χ3n) is 6.03. The zero-order valence-corrected chi connectivity index (χ0v) is 18.4. The van der Waals surface area contributed by atoms with Crippen molar-refractivity contribution in [3.63, 3.8) is 0 Å². The minimum absolute atomic E-state index is 0.0411. The van der Waals surface area contributed by atoms with Gasteiger partial charge in [-0.25, -0.2) is 23.1 Å². The normalized spacial score (nSPS) is 27.1. The van der Waals surface area contributed by atoms with Gasteiger partial charge in [-0.2, -0.15) is 5.26 Å². The quantitative estimate of drug-likeness (QED) is 0.509. The van der Waals surface area contributed by atoms with Crippen molar-refractivity contribution in [2.24, 2.45) is 22.1 Å². The van der Waals surface area contributed by atoms with Crippen LogP contribution in [0.2, 0.25) is 0 Å². The van der Waals surface area contributed by atoms with Gasteiger partial charge in [0.15, 0.2) is 0 Å². The molecule has 1 aromatic heterocycles. The lowest BCUT2D eigenvalue weighted by molar-refractivity contribution is -0.169. The molecular formula is C23H26F3N5O2. The molecule has 0 radical (unpaired) electrons. The molecule has 1 heterocycles. The van der Waals surface area contributed by atoms with Crippen LogP contribution in [0, 0.1) is 22.7 Å². The third-order valence-corrected chi connectivity index (χ3v) is 6.03. The van der Waals surface area contributed by atoms with E-state index in [4.69, 9.17) is 15.7 Å². The van der Waals surface area contributed by atoms with E-state index in [1.54, 1.807) is 6.92 Å². The van der Waals surface area contributed by atoms with Crippen LogP contribution in [0.25, 0.3) is 0 Å². The third kappa shape index (κ3) is 5.18. The Morgan fingerprint density at radius 1 is 1.42 bits per heavy atom. The van der Waals surface area contributed by atoms with Gasteiger partial charge in [-0.15, -0.1) is 0 Å². The number of amides is 1. The number of aromatic nitrogens is 1.